The zero-order chi connectivity index (χ0) is 15.7. The molecule has 2 nitrogen and oxygen atoms in total. The molecule has 0 fully saturated rings. The number of hydrogen-bond donors (Lipinski definition) is 2. The first kappa shape index (κ1) is 15.0. The fourth-order valence-electron chi connectivity index (χ4n) is 3.43. The van der Waals surface area contributed by atoms with E-state index < -0.39 is 0 Å². The summed E-state index contributed by atoms with van der Waals surface area (Å²) in [6.45, 7) is 8.90. The van der Waals surface area contributed by atoms with Crippen molar-refractivity contribution in [2.75, 3.05) is 10.6 Å². The van der Waals surface area contributed by atoms with E-state index in [1.54, 1.807) is 0 Å². The predicted molar refractivity (Wildman–Crippen MR) is 95.6 cm³/mol. The summed E-state index contributed by atoms with van der Waals surface area (Å²) < 4.78 is 0. The van der Waals surface area contributed by atoms with E-state index in [1.807, 2.05) is 0 Å². The average molecular weight is 294 g/mol. The van der Waals surface area contributed by atoms with Gasteiger partial charge in [-0.05, 0) is 44.0 Å². The minimum Gasteiger partial charge on any atom is -0.382 e. The van der Waals surface area contributed by atoms with Crippen molar-refractivity contribution in [3.63, 3.8) is 0 Å². The Morgan fingerprint density at radius 1 is 1.00 bits per heavy atom. The number of benzene rings is 2. The Kier molecular flexibility index (Phi) is 4.10. The zero-order valence-corrected chi connectivity index (χ0v) is 14.0. The minimum absolute atomic E-state index is 0.351. The van der Waals surface area contributed by atoms with Gasteiger partial charge in [0.15, 0.2) is 0 Å². The lowest BCUT2D eigenvalue weighted by Crippen LogP contribution is -2.38. The topological polar surface area (TPSA) is 24.1 Å². The third kappa shape index (κ3) is 2.83. The van der Waals surface area contributed by atoms with Crippen LogP contribution in [0.2, 0.25) is 0 Å². The number of fused-ring (bicyclic) bond motifs is 1. The predicted octanol–water partition coefficient (Wildman–Crippen LogP) is 5.30. The summed E-state index contributed by atoms with van der Waals surface area (Å²) >= 11 is 0. The van der Waals surface area contributed by atoms with Crippen molar-refractivity contribution in [1.82, 2.24) is 0 Å². The molecule has 116 valence electrons. The van der Waals surface area contributed by atoms with Gasteiger partial charge in [-0.15, -0.1) is 0 Å². The fourth-order valence-corrected chi connectivity index (χ4v) is 3.43. The van der Waals surface area contributed by atoms with Gasteiger partial charge in [-0.25, -0.2) is 0 Å². The molecule has 0 saturated carbocycles. The molecule has 2 N–H and O–H groups in total. The van der Waals surface area contributed by atoms with Crippen LogP contribution in [0.4, 0.5) is 11.4 Å². The minimum atomic E-state index is 0.351. The van der Waals surface area contributed by atoms with Gasteiger partial charge in [-0.3, -0.25) is 0 Å². The molecule has 0 aliphatic carbocycles. The van der Waals surface area contributed by atoms with E-state index >= 15 is 0 Å². The maximum atomic E-state index is 3.77. The quantitative estimate of drug-likeness (QED) is 0.803. The van der Waals surface area contributed by atoms with Gasteiger partial charge in [-0.2, -0.15) is 0 Å². The van der Waals surface area contributed by atoms with Crippen molar-refractivity contribution in [2.45, 2.75) is 46.2 Å². The van der Waals surface area contributed by atoms with Crippen molar-refractivity contribution in [1.29, 1.82) is 0 Å². The molecule has 1 heterocycles. The van der Waals surface area contributed by atoms with E-state index in [1.165, 1.54) is 28.1 Å². The van der Waals surface area contributed by atoms with Crippen molar-refractivity contribution in [2.24, 2.45) is 5.92 Å². The highest BCUT2D eigenvalue weighted by Gasteiger charge is 2.32. The largest absolute Gasteiger partial charge is 0.382 e. The van der Waals surface area contributed by atoms with E-state index in [4.69, 9.17) is 0 Å². The SMILES string of the molecule is CC[C@H]1Nc2ccc(C)cc2[C@H](Nc2ccc(C)cc2)[C@@H]1C. The van der Waals surface area contributed by atoms with Crippen molar-refractivity contribution in [3.05, 3.63) is 59.2 Å². The molecular weight excluding hydrogens is 268 g/mol. The molecule has 1 aliphatic heterocycles. The Bertz CT molecular complexity index is 645. The van der Waals surface area contributed by atoms with Crippen LogP contribution in [0.5, 0.6) is 0 Å². The number of rotatable bonds is 3. The molecule has 2 aromatic rings. The maximum absolute atomic E-state index is 3.77. The van der Waals surface area contributed by atoms with Gasteiger partial charge < -0.3 is 10.6 Å². The van der Waals surface area contributed by atoms with Crippen LogP contribution in [-0.2, 0) is 0 Å². The number of hydrogen-bond acceptors (Lipinski definition) is 2. The molecule has 22 heavy (non-hydrogen) atoms. The summed E-state index contributed by atoms with van der Waals surface area (Å²) in [6.07, 6.45) is 1.14. The molecule has 0 spiro atoms. The Balaban J connectivity index is 1.96. The summed E-state index contributed by atoms with van der Waals surface area (Å²) in [4.78, 5) is 0. The summed E-state index contributed by atoms with van der Waals surface area (Å²) in [5.41, 5.74) is 6.48. The molecule has 0 radical (unpaired) electrons. The van der Waals surface area contributed by atoms with Gasteiger partial charge in [0.1, 0.15) is 0 Å². The maximum Gasteiger partial charge on any atom is 0.0579 e. The number of nitrogens with one attached hydrogen (secondary N) is 2. The van der Waals surface area contributed by atoms with Crippen molar-refractivity contribution < 1.29 is 0 Å². The second kappa shape index (κ2) is 6.04. The molecule has 0 saturated heterocycles. The molecular formula is C20H26N2. The fraction of sp³-hybridized carbons (Fsp3) is 0.400. The molecule has 0 unspecified atom stereocenters. The van der Waals surface area contributed by atoms with Crippen LogP contribution in [0.1, 0.15) is 43.0 Å². The summed E-state index contributed by atoms with van der Waals surface area (Å²) in [5.74, 6) is 0.542. The summed E-state index contributed by atoms with van der Waals surface area (Å²) in [5, 5.41) is 7.47. The van der Waals surface area contributed by atoms with Crippen molar-refractivity contribution >= 4 is 11.4 Å². The Labute approximate surface area is 134 Å². The highest BCUT2D eigenvalue weighted by atomic mass is 15.0. The second-order valence-electron chi connectivity index (χ2n) is 6.60. The van der Waals surface area contributed by atoms with Crippen LogP contribution in [0, 0.1) is 19.8 Å². The Morgan fingerprint density at radius 2 is 1.68 bits per heavy atom. The zero-order valence-electron chi connectivity index (χ0n) is 14.0. The summed E-state index contributed by atoms with van der Waals surface area (Å²) in [7, 11) is 0. The van der Waals surface area contributed by atoms with E-state index in [2.05, 4.69) is 80.8 Å². The van der Waals surface area contributed by atoms with Crippen LogP contribution in [0.25, 0.3) is 0 Å². The molecule has 3 rings (SSSR count). The normalized spacial score (nSPS) is 23.5. The van der Waals surface area contributed by atoms with Gasteiger partial charge in [0.05, 0.1) is 6.04 Å². The lowest BCUT2D eigenvalue weighted by atomic mass is 9.82. The Morgan fingerprint density at radius 3 is 2.36 bits per heavy atom. The van der Waals surface area contributed by atoms with E-state index in [0.717, 1.165) is 6.42 Å². The monoisotopic (exact) mass is 294 g/mol. The molecule has 0 aromatic heterocycles. The van der Waals surface area contributed by atoms with Crippen LogP contribution in [0.3, 0.4) is 0 Å². The lowest BCUT2D eigenvalue weighted by molar-refractivity contribution is 0.400. The first-order valence-electron chi connectivity index (χ1n) is 8.28. The van der Waals surface area contributed by atoms with Crippen LogP contribution >= 0.6 is 0 Å². The van der Waals surface area contributed by atoms with E-state index in [9.17, 15) is 0 Å². The summed E-state index contributed by atoms with van der Waals surface area (Å²) in [6, 6.07) is 16.3. The smallest absolute Gasteiger partial charge is 0.0579 e. The van der Waals surface area contributed by atoms with Gasteiger partial charge >= 0.3 is 0 Å². The Hall–Kier alpha value is -1.96. The van der Waals surface area contributed by atoms with Crippen LogP contribution < -0.4 is 10.6 Å². The number of aryl methyl sites for hydroxylation is 2. The van der Waals surface area contributed by atoms with Gasteiger partial charge in [0.25, 0.3) is 0 Å². The standard InChI is InChI=1S/C20H26N2/c1-5-18-15(4)20(21-16-9-6-13(2)7-10-16)17-12-14(3)8-11-19(17)22-18/h6-12,15,18,20-22H,5H2,1-4H3/t15-,18-,20-/m1/s1. The third-order valence-corrected chi connectivity index (χ3v) is 4.86. The van der Waals surface area contributed by atoms with E-state index in [-0.39, 0.29) is 0 Å². The average Bonchev–Trinajstić information content (AvgIpc) is 2.52. The first-order valence-corrected chi connectivity index (χ1v) is 8.28. The molecule has 2 aromatic carbocycles. The van der Waals surface area contributed by atoms with Gasteiger partial charge in [0.2, 0.25) is 0 Å². The van der Waals surface area contributed by atoms with Gasteiger partial charge in [0, 0.05) is 23.3 Å². The first-order chi connectivity index (χ1) is 10.6. The molecule has 0 bridgehead atoms. The van der Waals surface area contributed by atoms with Gasteiger partial charge in [-0.1, -0.05) is 49.2 Å². The van der Waals surface area contributed by atoms with Crippen LogP contribution in [-0.4, -0.2) is 6.04 Å². The van der Waals surface area contributed by atoms with Crippen molar-refractivity contribution in [3.8, 4) is 0 Å². The molecule has 2 heteroatoms. The van der Waals surface area contributed by atoms with Crippen LogP contribution in [0.15, 0.2) is 42.5 Å². The molecule has 3 atom stereocenters. The third-order valence-electron chi connectivity index (χ3n) is 4.86. The highest BCUT2D eigenvalue weighted by Crippen LogP contribution is 2.40. The van der Waals surface area contributed by atoms with E-state index in [0.29, 0.717) is 18.0 Å². The molecule has 1 aliphatic rings. The number of anilines is 2. The highest BCUT2D eigenvalue weighted by molar-refractivity contribution is 5.60. The molecule has 0 amide bonds. The second-order valence-corrected chi connectivity index (χ2v) is 6.60. The lowest BCUT2D eigenvalue weighted by Gasteiger charge is -2.39.